The number of cyclic esters (lactones) is 1. The Morgan fingerprint density at radius 2 is 1.59 bits per heavy atom. The fourth-order valence-corrected chi connectivity index (χ4v) is 3.18. The number of hydrogen-bond donors (Lipinski definition) is 1. The van der Waals surface area contributed by atoms with Crippen molar-refractivity contribution in [2.24, 2.45) is 0 Å². The SMILES string of the molecule is O=C(NN(Cc1ccccc1)c1ccccc1)c1ccc(N2CCOC2=O)cc1. The van der Waals surface area contributed by atoms with Crippen molar-refractivity contribution in [3.63, 3.8) is 0 Å². The van der Waals surface area contributed by atoms with Crippen molar-refractivity contribution in [3.8, 4) is 0 Å². The number of nitrogens with one attached hydrogen (secondary N) is 1. The minimum Gasteiger partial charge on any atom is -0.447 e. The van der Waals surface area contributed by atoms with E-state index in [1.807, 2.05) is 65.7 Å². The maximum atomic E-state index is 12.9. The highest BCUT2D eigenvalue weighted by Gasteiger charge is 2.23. The van der Waals surface area contributed by atoms with Crippen molar-refractivity contribution in [3.05, 3.63) is 96.1 Å². The van der Waals surface area contributed by atoms with E-state index in [0.29, 0.717) is 30.9 Å². The molecule has 1 fully saturated rings. The Kier molecular flexibility index (Phi) is 5.42. The lowest BCUT2D eigenvalue weighted by molar-refractivity contribution is 0.0948. The number of anilines is 2. The standard InChI is InChI=1S/C23H21N3O3/c27-22(19-11-13-20(14-12-19)25-15-16-29-23(25)28)24-26(21-9-5-2-6-10-21)17-18-7-3-1-4-8-18/h1-14H,15-17H2,(H,24,27). The first-order valence-electron chi connectivity index (χ1n) is 9.42. The lowest BCUT2D eigenvalue weighted by Crippen LogP contribution is -2.42. The number of hydrogen-bond acceptors (Lipinski definition) is 4. The van der Waals surface area contributed by atoms with Gasteiger partial charge in [-0.05, 0) is 42.0 Å². The summed E-state index contributed by atoms with van der Waals surface area (Å²) in [5.41, 5.74) is 6.18. The molecule has 1 heterocycles. The van der Waals surface area contributed by atoms with Crippen molar-refractivity contribution < 1.29 is 14.3 Å². The van der Waals surface area contributed by atoms with Gasteiger partial charge >= 0.3 is 6.09 Å². The van der Waals surface area contributed by atoms with Crippen LogP contribution in [0.1, 0.15) is 15.9 Å². The van der Waals surface area contributed by atoms with Gasteiger partial charge in [0.05, 0.1) is 18.8 Å². The fourth-order valence-electron chi connectivity index (χ4n) is 3.18. The number of hydrazine groups is 1. The Balaban J connectivity index is 1.51. The smallest absolute Gasteiger partial charge is 0.414 e. The molecule has 1 aliphatic heterocycles. The first-order valence-corrected chi connectivity index (χ1v) is 9.42. The van der Waals surface area contributed by atoms with E-state index >= 15 is 0 Å². The molecule has 0 bridgehead atoms. The quantitative estimate of drug-likeness (QED) is 0.650. The third kappa shape index (κ3) is 4.38. The second kappa shape index (κ2) is 8.48. The van der Waals surface area contributed by atoms with Crippen LogP contribution in [0.3, 0.4) is 0 Å². The number of nitrogens with zero attached hydrogens (tertiary/aromatic N) is 2. The number of rotatable bonds is 6. The first kappa shape index (κ1) is 18.6. The van der Waals surface area contributed by atoms with Crippen molar-refractivity contribution >= 4 is 23.4 Å². The molecule has 0 unspecified atom stereocenters. The van der Waals surface area contributed by atoms with Gasteiger partial charge in [-0.3, -0.25) is 20.1 Å². The Labute approximate surface area is 169 Å². The van der Waals surface area contributed by atoms with Crippen LogP contribution in [-0.2, 0) is 11.3 Å². The molecule has 0 saturated carbocycles. The van der Waals surface area contributed by atoms with Crippen molar-refractivity contribution in [1.82, 2.24) is 5.43 Å². The number of benzene rings is 3. The molecule has 6 nitrogen and oxygen atoms in total. The molecule has 0 atom stereocenters. The van der Waals surface area contributed by atoms with Crippen molar-refractivity contribution in [2.45, 2.75) is 6.54 Å². The normalized spacial score (nSPS) is 13.1. The average molecular weight is 387 g/mol. The van der Waals surface area contributed by atoms with Crippen LogP contribution < -0.4 is 15.3 Å². The van der Waals surface area contributed by atoms with Crippen LogP contribution in [0.2, 0.25) is 0 Å². The lowest BCUT2D eigenvalue weighted by Gasteiger charge is -2.25. The molecule has 0 aliphatic carbocycles. The minimum atomic E-state index is -0.361. The Bertz CT molecular complexity index is 975. The van der Waals surface area contributed by atoms with Gasteiger partial charge in [0.1, 0.15) is 6.61 Å². The fraction of sp³-hybridized carbons (Fsp3) is 0.130. The number of amides is 2. The van der Waals surface area contributed by atoms with E-state index < -0.39 is 0 Å². The summed E-state index contributed by atoms with van der Waals surface area (Å²) >= 11 is 0. The topological polar surface area (TPSA) is 61.9 Å². The molecule has 3 aromatic carbocycles. The lowest BCUT2D eigenvalue weighted by atomic mass is 10.2. The van der Waals surface area contributed by atoms with Crippen molar-refractivity contribution in [1.29, 1.82) is 0 Å². The molecule has 3 aromatic rings. The molecule has 6 heteroatoms. The molecule has 1 aliphatic rings. The Morgan fingerprint density at radius 1 is 0.931 bits per heavy atom. The van der Waals surface area contributed by atoms with Gasteiger partial charge in [0.15, 0.2) is 0 Å². The molecular weight excluding hydrogens is 366 g/mol. The molecule has 146 valence electrons. The van der Waals surface area contributed by atoms with Crippen molar-refractivity contribution in [2.75, 3.05) is 23.1 Å². The monoisotopic (exact) mass is 387 g/mol. The molecular formula is C23H21N3O3. The van der Waals surface area contributed by atoms with Gasteiger partial charge in [0.2, 0.25) is 0 Å². The van der Waals surface area contributed by atoms with E-state index in [1.165, 1.54) is 0 Å². The van der Waals surface area contributed by atoms with Crippen LogP contribution in [0.15, 0.2) is 84.9 Å². The first-order chi connectivity index (χ1) is 14.2. The average Bonchev–Trinajstić information content (AvgIpc) is 3.20. The third-order valence-electron chi connectivity index (χ3n) is 4.69. The maximum absolute atomic E-state index is 12.9. The number of carbonyl (C=O) groups is 2. The van der Waals surface area contributed by atoms with Gasteiger partial charge < -0.3 is 4.74 Å². The molecule has 1 saturated heterocycles. The van der Waals surface area contributed by atoms with E-state index in [1.54, 1.807) is 29.2 Å². The molecule has 0 radical (unpaired) electrons. The van der Waals surface area contributed by atoms with E-state index in [4.69, 9.17) is 4.74 Å². The zero-order valence-electron chi connectivity index (χ0n) is 15.8. The summed E-state index contributed by atoms with van der Waals surface area (Å²) in [4.78, 5) is 26.1. The predicted octanol–water partition coefficient (Wildman–Crippen LogP) is 3.99. The largest absolute Gasteiger partial charge is 0.447 e. The molecule has 2 amide bonds. The summed E-state index contributed by atoms with van der Waals surface area (Å²) in [6.45, 7) is 1.43. The van der Waals surface area contributed by atoms with Gasteiger partial charge in [0.25, 0.3) is 5.91 Å². The van der Waals surface area contributed by atoms with E-state index in [2.05, 4.69) is 5.43 Å². The number of para-hydroxylation sites is 1. The molecule has 1 N–H and O–H groups in total. The summed E-state index contributed by atoms with van der Waals surface area (Å²) in [5, 5.41) is 1.82. The Morgan fingerprint density at radius 3 is 2.21 bits per heavy atom. The summed E-state index contributed by atoms with van der Waals surface area (Å²) in [6.07, 6.45) is -0.361. The third-order valence-corrected chi connectivity index (χ3v) is 4.69. The van der Waals surface area contributed by atoms with Gasteiger partial charge in [0, 0.05) is 11.3 Å². The summed E-state index contributed by atoms with van der Waals surface area (Å²) in [6, 6.07) is 26.6. The number of carbonyl (C=O) groups excluding carboxylic acids is 2. The predicted molar refractivity (Wildman–Crippen MR) is 112 cm³/mol. The van der Waals surface area contributed by atoms with Crippen LogP contribution in [0.4, 0.5) is 16.2 Å². The second-order valence-corrected chi connectivity index (χ2v) is 6.66. The van der Waals surface area contributed by atoms with Gasteiger partial charge in [-0.25, -0.2) is 4.79 Å². The molecule has 29 heavy (non-hydrogen) atoms. The molecule has 0 spiro atoms. The molecule has 0 aromatic heterocycles. The zero-order chi connectivity index (χ0) is 20.1. The van der Waals surface area contributed by atoms with Gasteiger partial charge in [-0.1, -0.05) is 48.5 Å². The zero-order valence-corrected chi connectivity index (χ0v) is 15.8. The van der Waals surface area contributed by atoms with Gasteiger partial charge in [-0.15, -0.1) is 0 Å². The van der Waals surface area contributed by atoms with Crippen LogP contribution in [0, 0.1) is 0 Å². The van der Waals surface area contributed by atoms with Crippen LogP contribution >= 0.6 is 0 Å². The highest BCUT2D eigenvalue weighted by atomic mass is 16.6. The minimum absolute atomic E-state index is 0.222. The number of ether oxygens (including phenoxy) is 1. The van der Waals surface area contributed by atoms with Crippen LogP contribution in [0.25, 0.3) is 0 Å². The second-order valence-electron chi connectivity index (χ2n) is 6.66. The summed E-state index contributed by atoms with van der Waals surface area (Å²) in [5.74, 6) is -0.222. The summed E-state index contributed by atoms with van der Waals surface area (Å²) in [7, 11) is 0. The van der Waals surface area contributed by atoms with Crippen LogP contribution in [-0.4, -0.2) is 25.2 Å². The van der Waals surface area contributed by atoms with E-state index in [9.17, 15) is 9.59 Å². The summed E-state index contributed by atoms with van der Waals surface area (Å²) < 4.78 is 4.96. The van der Waals surface area contributed by atoms with Gasteiger partial charge in [-0.2, -0.15) is 0 Å². The molecule has 4 rings (SSSR count). The maximum Gasteiger partial charge on any atom is 0.414 e. The Hall–Kier alpha value is -3.80. The van der Waals surface area contributed by atoms with E-state index in [-0.39, 0.29) is 12.0 Å². The highest BCUT2D eigenvalue weighted by Crippen LogP contribution is 2.20. The highest BCUT2D eigenvalue weighted by molar-refractivity contribution is 5.96. The van der Waals surface area contributed by atoms with Crippen LogP contribution in [0.5, 0.6) is 0 Å². The van der Waals surface area contributed by atoms with E-state index in [0.717, 1.165) is 11.3 Å².